The zero-order chi connectivity index (χ0) is 12.6. The van der Waals surface area contributed by atoms with Crippen molar-refractivity contribution >= 4 is 43.2 Å². The molecule has 0 aliphatic rings. The average molecular weight is 384 g/mol. The Kier molecular flexibility index (Phi) is 3.97. The summed E-state index contributed by atoms with van der Waals surface area (Å²) in [6.45, 7) is 0. The van der Waals surface area contributed by atoms with Crippen molar-refractivity contribution in [3.8, 4) is 0 Å². The monoisotopic (exact) mass is 382 g/mol. The summed E-state index contributed by atoms with van der Waals surface area (Å²) >= 11 is 7.66. The smallest absolute Gasteiger partial charge is 0.173 e. The predicted molar refractivity (Wildman–Crippen MR) is 70.1 cm³/mol. The third kappa shape index (κ3) is 2.45. The molecule has 6 heteroatoms. The molecule has 0 saturated heterocycles. The van der Waals surface area contributed by atoms with Gasteiger partial charge in [-0.15, -0.1) is 0 Å². The molecule has 0 amide bonds. The Morgan fingerprint density at radius 2 is 1.82 bits per heavy atom. The van der Waals surface area contributed by atoms with Gasteiger partial charge >= 0.3 is 0 Å². The largest absolute Gasteiger partial charge is 0.384 e. The van der Waals surface area contributed by atoms with E-state index < -0.39 is 17.7 Å². The first-order valence-corrected chi connectivity index (χ1v) is 7.08. The molecule has 1 N–H and O–H groups in total. The van der Waals surface area contributed by atoms with Crippen molar-refractivity contribution in [1.82, 2.24) is 0 Å². The summed E-state index contributed by atoms with van der Waals surface area (Å²) in [4.78, 5) is 0. The molecular weight excluding hydrogens is 378 g/mol. The second kappa shape index (κ2) is 5.14. The first-order chi connectivity index (χ1) is 8.02. The highest BCUT2D eigenvalue weighted by Crippen LogP contribution is 2.36. The Morgan fingerprint density at radius 3 is 2.41 bits per heavy atom. The predicted octanol–water partition coefficient (Wildman–Crippen LogP) is 4.63. The quantitative estimate of drug-likeness (QED) is 0.749. The second-order valence-corrected chi connectivity index (χ2v) is 5.73. The molecule has 90 valence electrons. The molecule has 1 aromatic heterocycles. The third-order valence-electron chi connectivity index (χ3n) is 2.30. The van der Waals surface area contributed by atoms with Crippen LogP contribution in [-0.2, 0) is 0 Å². The van der Waals surface area contributed by atoms with Gasteiger partial charge in [0.1, 0.15) is 6.10 Å². The molecule has 1 nitrogen and oxygen atoms in total. The number of hydrogen-bond acceptors (Lipinski definition) is 2. The molecule has 2 aromatic rings. The van der Waals surface area contributed by atoms with Crippen LogP contribution in [0.3, 0.4) is 0 Å². The van der Waals surface area contributed by atoms with Gasteiger partial charge in [-0.1, -0.05) is 6.07 Å². The van der Waals surface area contributed by atoms with E-state index >= 15 is 0 Å². The summed E-state index contributed by atoms with van der Waals surface area (Å²) in [6.07, 6.45) is -1.000. The molecule has 1 heterocycles. The minimum Gasteiger partial charge on any atom is -0.384 e. The number of thiophene rings is 1. The zero-order valence-corrected chi connectivity index (χ0v) is 12.2. The maximum atomic E-state index is 13.4. The van der Waals surface area contributed by atoms with Crippen molar-refractivity contribution in [2.75, 3.05) is 0 Å². The minimum atomic E-state index is -1.000. The summed E-state index contributed by atoms with van der Waals surface area (Å²) in [5.74, 6) is -1.94. The molecule has 0 fully saturated rings. The SMILES string of the molecule is OC(c1cscc1Br)c1ccc(F)c(F)c1Br. The average Bonchev–Trinajstić information content (AvgIpc) is 2.72. The number of rotatable bonds is 2. The fourth-order valence-electron chi connectivity index (χ4n) is 1.41. The van der Waals surface area contributed by atoms with E-state index in [1.54, 1.807) is 5.38 Å². The van der Waals surface area contributed by atoms with Crippen LogP contribution in [0.2, 0.25) is 0 Å². The van der Waals surface area contributed by atoms with E-state index in [-0.39, 0.29) is 4.47 Å². The topological polar surface area (TPSA) is 20.2 Å². The van der Waals surface area contributed by atoms with Gasteiger partial charge in [-0.3, -0.25) is 0 Å². The molecule has 0 spiro atoms. The van der Waals surface area contributed by atoms with Gasteiger partial charge in [0.25, 0.3) is 0 Å². The maximum absolute atomic E-state index is 13.4. The Balaban J connectivity index is 2.48. The first kappa shape index (κ1) is 13.1. The van der Waals surface area contributed by atoms with Crippen LogP contribution in [0.5, 0.6) is 0 Å². The highest BCUT2D eigenvalue weighted by atomic mass is 79.9. The fraction of sp³-hybridized carbons (Fsp3) is 0.0909. The van der Waals surface area contributed by atoms with Crippen molar-refractivity contribution in [3.05, 3.63) is 54.6 Å². The molecule has 1 unspecified atom stereocenters. The fourth-order valence-corrected chi connectivity index (χ4v) is 3.48. The Labute approximate surface area is 117 Å². The van der Waals surface area contributed by atoms with E-state index in [0.29, 0.717) is 11.1 Å². The van der Waals surface area contributed by atoms with Crippen molar-refractivity contribution < 1.29 is 13.9 Å². The van der Waals surface area contributed by atoms with E-state index in [9.17, 15) is 13.9 Å². The molecule has 1 atom stereocenters. The van der Waals surface area contributed by atoms with Gasteiger partial charge in [0.2, 0.25) is 0 Å². The van der Waals surface area contributed by atoms with Crippen LogP contribution in [0.25, 0.3) is 0 Å². The van der Waals surface area contributed by atoms with E-state index in [1.165, 1.54) is 17.4 Å². The summed E-state index contributed by atoms with van der Waals surface area (Å²) < 4.78 is 27.0. The Hall–Kier alpha value is -0.300. The molecule has 0 bridgehead atoms. The van der Waals surface area contributed by atoms with Gasteiger partial charge in [-0.05, 0) is 43.3 Å². The van der Waals surface area contributed by atoms with Crippen LogP contribution < -0.4 is 0 Å². The van der Waals surface area contributed by atoms with Gasteiger partial charge < -0.3 is 5.11 Å². The molecule has 0 saturated carbocycles. The summed E-state index contributed by atoms with van der Waals surface area (Å²) in [7, 11) is 0. The van der Waals surface area contributed by atoms with Crippen LogP contribution in [0, 0.1) is 11.6 Å². The van der Waals surface area contributed by atoms with Crippen LogP contribution >= 0.6 is 43.2 Å². The Morgan fingerprint density at radius 1 is 1.12 bits per heavy atom. The number of halogens is 4. The molecule has 0 radical (unpaired) electrons. The van der Waals surface area contributed by atoms with E-state index in [0.717, 1.165) is 10.5 Å². The number of aliphatic hydroxyl groups is 1. The third-order valence-corrected chi connectivity index (χ3v) is 4.85. The summed E-state index contributed by atoms with van der Waals surface area (Å²) in [5.41, 5.74) is 0.921. The van der Waals surface area contributed by atoms with Gasteiger partial charge in [0.05, 0.1) is 4.47 Å². The molecule has 1 aromatic carbocycles. The van der Waals surface area contributed by atoms with Crippen LogP contribution in [-0.4, -0.2) is 5.11 Å². The number of aliphatic hydroxyl groups excluding tert-OH is 1. The molecule has 2 rings (SSSR count). The lowest BCUT2D eigenvalue weighted by Crippen LogP contribution is -2.02. The molecule has 0 aliphatic carbocycles. The maximum Gasteiger partial charge on any atom is 0.173 e. The van der Waals surface area contributed by atoms with E-state index in [2.05, 4.69) is 31.9 Å². The lowest BCUT2D eigenvalue weighted by Gasteiger charge is -2.13. The highest BCUT2D eigenvalue weighted by molar-refractivity contribution is 9.10. The standard InChI is InChI=1S/C11H6Br2F2OS/c12-7-4-17-3-6(7)11(16)5-1-2-8(14)10(15)9(5)13/h1-4,11,16H. The van der Waals surface area contributed by atoms with Gasteiger partial charge in [-0.2, -0.15) is 11.3 Å². The van der Waals surface area contributed by atoms with Crippen LogP contribution in [0.15, 0.2) is 31.8 Å². The van der Waals surface area contributed by atoms with E-state index in [1.807, 2.05) is 5.38 Å². The van der Waals surface area contributed by atoms with Gasteiger partial charge in [0.15, 0.2) is 11.6 Å². The van der Waals surface area contributed by atoms with Crippen LogP contribution in [0.1, 0.15) is 17.2 Å². The lowest BCUT2D eigenvalue weighted by atomic mass is 10.0. The normalized spacial score (nSPS) is 12.8. The van der Waals surface area contributed by atoms with Crippen molar-refractivity contribution in [3.63, 3.8) is 0 Å². The van der Waals surface area contributed by atoms with Gasteiger partial charge in [0, 0.05) is 21.0 Å². The van der Waals surface area contributed by atoms with Crippen LogP contribution in [0.4, 0.5) is 8.78 Å². The molecule has 0 aliphatic heterocycles. The lowest BCUT2D eigenvalue weighted by molar-refractivity contribution is 0.218. The van der Waals surface area contributed by atoms with Crippen molar-refractivity contribution in [2.45, 2.75) is 6.10 Å². The minimum absolute atomic E-state index is 0.0527. The zero-order valence-electron chi connectivity index (χ0n) is 8.25. The highest BCUT2D eigenvalue weighted by Gasteiger charge is 2.20. The molecule has 17 heavy (non-hydrogen) atoms. The van der Waals surface area contributed by atoms with Crippen molar-refractivity contribution in [1.29, 1.82) is 0 Å². The summed E-state index contributed by atoms with van der Waals surface area (Å²) in [6, 6.07) is 2.36. The Bertz CT molecular complexity index is 556. The first-order valence-electron chi connectivity index (χ1n) is 4.55. The molecular formula is C11H6Br2F2OS. The number of hydrogen-bond donors (Lipinski definition) is 1. The second-order valence-electron chi connectivity index (χ2n) is 3.34. The van der Waals surface area contributed by atoms with E-state index in [4.69, 9.17) is 0 Å². The van der Waals surface area contributed by atoms with Gasteiger partial charge in [-0.25, -0.2) is 8.78 Å². The number of benzene rings is 1. The van der Waals surface area contributed by atoms with Crippen molar-refractivity contribution in [2.24, 2.45) is 0 Å². The summed E-state index contributed by atoms with van der Waals surface area (Å²) in [5, 5.41) is 13.7.